The standard InChI is InChI=1S/C31H25N3S2/c1-18-2-4-19(5-3-18)21-6-8-23(14-21)30-33-26-16-29-27(17-28(26)35-30)34-31(36-29)24-9-7-22(15-24)20-10-12-25(32)13-11-20/h2-7,9-13,16-17,23H,8,14-15,32H2,1H3. The minimum Gasteiger partial charge on any atom is -0.399 e. The molecule has 0 bridgehead atoms. The molecule has 2 N–H and O–H groups in total. The van der Waals surface area contributed by atoms with Crippen LogP contribution in [0.4, 0.5) is 5.69 Å². The molecule has 1 atom stereocenters. The summed E-state index contributed by atoms with van der Waals surface area (Å²) in [5.41, 5.74) is 16.7. The summed E-state index contributed by atoms with van der Waals surface area (Å²) in [5.74, 6) is 0.474. The third kappa shape index (κ3) is 3.89. The summed E-state index contributed by atoms with van der Waals surface area (Å²) in [5, 5.41) is 2.35. The number of thiazole rings is 2. The van der Waals surface area contributed by atoms with Gasteiger partial charge < -0.3 is 5.73 Å². The minimum atomic E-state index is 0.474. The van der Waals surface area contributed by atoms with Crippen LogP contribution in [0.5, 0.6) is 0 Å². The van der Waals surface area contributed by atoms with E-state index in [2.05, 4.69) is 73.7 Å². The molecule has 3 nitrogen and oxygen atoms in total. The van der Waals surface area contributed by atoms with Gasteiger partial charge in [-0.15, -0.1) is 22.7 Å². The minimum absolute atomic E-state index is 0.474. The molecule has 0 aliphatic heterocycles. The van der Waals surface area contributed by atoms with Gasteiger partial charge in [-0.2, -0.15) is 0 Å². The van der Waals surface area contributed by atoms with Crippen molar-refractivity contribution in [1.82, 2.24) is 9.97 Å². The maximum absolute atomic E-state index is 5.85. The van der Waals surface area contributed by atoms with E-state index in [4.69, 9.17) is 15.7 Å². The van der Waals surface area contributed by atoms with E-state index in [0.29, 0.717) is 5.92 Å². The molecular weight excluding hydrogens is 478 g/mol. The van der Waals surface area contributed by atoms with Gasteiger partial charge in [0.1, 0.15) is 5.01 Å². The number of aromatic nitrogens is 2. The maximum Gasteiger partial charge on any atom is 0.120 e. The Bertz CT molecular complexity index is 1660. The molecule has 3 aromatic carbocycles. The molecule has 2 aliphatic rings. The Morgan fingerprint density at radius 1 is 0.778 bits per heavy atom. The highest BCUT2D eigenvalue weighted by Gasteiger charge is 2.24. The SMILES string of the molecule is Cc1ccc(C2=CCC(c3nc4cc5sc(C6=CC=C(c7ccc(N)cc7)C6)nc5cc4s3)C2)cc1. The van der Waals surface area contributed by atoms with Crippen molar-refractivity contribution in [2.24, 2.45) is 0 Å². The highest BCUT2D eigenvalue weighted by Crippen LogP contribution is 2.43. The molecule has 0 spiro atoms. The summed E-state index contributed by atoms with van der Waals surface area (Å²) >= 11 is 3.61. The van der Waals surface area contributed by atoms with Gasteiger partial charge >= 0.3 is 0 Å². The molecule has 0 saturated carbocycles. The zero-order valence-electron chi connectivity index (χ0n) is 20.0. The van der Waals surface area contributed by atoms with Crippen molar-refractivity contribution in [2.45, 2.75) is 32.1 Å². The van der Waals surface area contributed by atoms with Crippen LogP contribution in [0.15, 0.2) is 78.9 Å². The van der Waals surface area contributed by atoms with E-state index in [-0.39, 0.29) is 0 Å². The molecule has 2 aliphatic carbocycles. The van der Waals surface area contributed by atoms with Crippen LogP contribution in [-0.4, -0.2) is 9.97 Å². The van der Waals surface area contributed by atoms with Crippen molar-refractivity contribution < 1.29 is 0 Å². The average molecular weight is 504 g/mol. The Morgan fingerprint density at radius 3 is 2.25 bits per heavy atom. The van der Waals surface area contributed by atoms with E-state index in [0.717, 1.165) is 41.0 Å². The van der Waals surface area contributed by atoms with Gasteiger partial charge in [0.25, 0.3) is 0 Å². The van der Waals surface area contributed by atoms with Crippen molar-refractivity contribution in [2.75, 3.05) is 5.73 Å². The lowest BCUT2D eigenvalue weighted by molar-refractivity contribution is 0.753. The maximum atomic E-state index is 5.85. The normalized spacial score (nSPS) is 17.6. The van der Waals surface area contributed by atoms with Gasteiger partial charge in [-0.05, 0) is 71.9 Å². The lowest BCUT2D eigenvalue weighted by Crippen LogP contribution is -1.92. The number of anilines is 1. The molecule has 36 heavy (non-hydrogen) atoms. The van der Waals surface area contributed by atoms with Gasteiger partial charge in [-0.3, -0.25) is 0 Å². The summed E-state index contributed by atoms with van der Waals surface area (Å²) in [7, 11) is 0. The Labute approximate surface area is 218 Å². The Hall–Kier alpha value is -3.54. The second-order valence-electron chi connectivity index (χ2n) is 9.77. The fraction of sp³-hybridized carbons (Fsp3) is 0.161. The number of nitrogens with zero attached hydrogens (tertiary/aromatic N) is 2. The molecule has 0 radical (unpaired) electrons. The van der Waals surface area contributed by atoms with Crippen molar-refractivity contribution in [3.63, 3.8) is 0 Å². The Morgan fingerprint density at radius 2 is 1.44 bits per heavy atom. The van der Waals surface area contributed by atoms with Crippen LogP contribution in [0, 0.1) is 6.92 Å². The molecule has 1 unspecified atom stereocenters. The first-order valence-corrected chi connectivity index (χ1v) is 14.0. The van der Waals surface area contributed by atoms with Crippen LogP contribution in [0.2, 0.25) is 0 Å². The summed E-state index contributed by atoms with van der Waals surface area (Å²) in [6, 6.07) is 21.5. The number of nitrogens with two attached hydrogens (primary N) is 1. The first-order chi connectivity index (χ1) is 17.6. The number of hydrogen-bond acceptors (Lipinski definition) is 5. The Balaban J connectivity index is 1.10. The lowest BCUT2D eigenvalue weighted by atomic mass is 10.0. The molecule has 5 heteroatoms. The second-order valence-corrected chi connectivity index (χ2v) is 11.9. The lowest BCUT2D eigenvalue weighted by Gasteiger charge is -2.07. The van der Waals surface area contributed by atoms with E-state index in [9.17, 15) is 0 Å². The Kier molecular flexibility index (Phi) is 5.15. The van der Waals surface area contributed by atoms with Crippen molar-refractivity contribution in [1.29, 1.82) is 0 Å². The molecule has 2 aromatic heterocycles. The van der Waals surface area contributed by atoms with Crippen molar-refractivity contribution in [3.8, 4) is 0 Å². The summed E-state index contributed by atoms with van der Waals surface area (Å²) in [6.07, 6.45) is 9.85. The molecule has 2 heterocycles. The third-order valence-corrected chi connectivity index (χ3v) is 9.50. The number of benzene rings is 3. The van der Waals surface area contributed by atoms with E-state index >= 15 is 0 Å². The molecule has 7 rings (SSSR count). The van der Waals surface area contributed by atoms with E-state index in [1.165, 1.54) is 47.8 Å². The topological polar surface area (TPSA) is 51.8 Å². The number of aryl methyl sites for hydroxylation is 1. The molecule has 5 aromatic rings. The van der Waals surface area contributed by atoms with Gasteiger partial charge in [-0.25, -0.2) is 9.97 Å². The van der Waals surface area contributed by atoms with Crippen LogP contribution >= 0.6 is 22.7 Å². The first kappa shape index (κ1) is 21.7. The van der Waals surface area contributed by atoms with Gasteiger partial charge in [-0.1, -0.05) is 60.2 Å². The molecular formula is C31H25N3S2. The van der Waals surface area contributed by atoms with Gasteiger partial charge in [0.05, 0.1) is 25.4 Å². The number of nitrogen functional groups attached to an aromatic ring is 1. The average Bonchev–Trinajstić information content (AvgIpc) is 3.68. The molecule has 176 valence electrons. The molecule has 0 saturated heterocycles. The summed E-state index contributed by atoms with van der Waals surface area (Å²) in [6.45, 7) is 2.14. The predicted molar refractivity (Wildman–Crippen MR) is 155 cm³/mol. The fourth-order valence-corrected chi connectivity index (χ4v) is 7.25. The largest absolute Gasteiger partial charge is 0.399 e. The zero-order chi connectivity index (χ0) is 24.2. The number of rotatable bonds is 4. The van der Waals surface area contributed by atoms with Crippen LogP contribution in [-0.2, 0) is 0 Å². The number of allylic oxidation sites excluding steroid dienone is 6. The van der Waals surface area contributed by atoms with Gasteiger partial charge in [0.2, 0.25) is 0 Å². The van der Waals surface area contributed by atoms with E-state index in [1.807, 2.05) is 23.5 Å². The predicted octanol–water partition coefficient (Wildman–Crippen LogP) is 8.63. The highest BCUT2D eigenvalue weighted by molar-refractivity contribution is 7.20. The quantitative estimate of drug-likeness (QED) is 0.250. The van der Waals surface area contributed by atoms with Crippen LogP contribution in [0.1, 0.15) is 51.9 Å². The number of fused-ring (bicyclic) bond motifs is 2. The molecule has 0 amide bonds. The zero-order valence-corrected chi connectivity index (χ0v) is 21.6. The number of hydrogen-bond donors (Lipinski definition) is 1. The highest BCUT2D eigenvalue weighted by atomic mass is 32.1. The van der Waals surface area contributed by atoms with Crippen LogP contribution in [0.3, 0.4) is 0 Å². The van der Waals surface area contributed by atoms with Crippen LogP contribution < -0.4 is 5.73 Å². The fourth-order valence-electron chi connectivity index (χ4n) is 5.15. The third-order valence-electron chi connectivity index (χ3n) is 7.22. The summed E-state index contributed by atoms with van der Waals surface area (Å²) in [4.78, 5) is 10.1. The first-order valence-electron chi connectivity index (χ1n) is 12.3. The molecule has 0 fully saturated rings. The van der Waals surface area contributed by atoms with Gasteiger partial charge in [0, 0.05) is 18.0 Å². The van der Waals surface area contributed by atoms with Gasteiger partial charge in [0.15, 0.2) is 0 Å². The van der Waals surface area contributed by atoms with E-state index in [1.54, 1.807) is 11.3 Å². The smallest absolute Gasteiger partial charge is 0.120 e. The van der Waals surface area contributed by atoms with E-state index < -0.39 is 0 Å². The summed E-state index contributed by atoms with van der Waals surface area (Å²) < 4.78 is 2.44. The van der Waals surface area contributed by atoms with Crippen molar-refractivity contribution >= 4 is 65.5 Å². The monoisotopic (exact) mass is 503 g/mol. The van der Waals surface area contributed by atoms with Crippen LogP contribution in [0.25, 0.3) is 37.2 Å². The van der Waals surface area contributed by atoms with Crippen molar-refractivity contribution in [3.05, 3.63) is 106 Å². The second kappa shape index (κ2) is 8.54.